The highest BCUT2D eigenvalue weighted by atomic mass is 32.1. The molecule has 0 bridgehead atoms. The predicted molar refractivity (Wildman–Crippen MR) is 100 cm³/mol. The Morgan fingerprint density at radius 2 is 1.70 bits per heavy atom. The van der Waals surface area contributed by atoms with Crippen molar-refractivity contribution in [2.75, 3.05) is 11.4 Å². The Morgan fingerprint density at radius 1 is 1.09 bits per heavy atom. The van der Waals surface area contributed by atoms with Crippen molar-refractivity contribution in [1.29, 1.82) is 0 Å². The van der Waals surface area contributed by atoms with Crippen LogP contribution in [0.5, 0.6) is 0 Å². The largest absolute Gasteiger partial charge is 0.319 e. The quantitative estimate of drug-likeness (QED) is 0.848. The van der Waals surface area contributed by atoms with E-state index in [1.165, 1.54) is 5.56 Å². The standard InChI is InChI=1S/C19H22N2OS/c1-4-21(17-8-6-5-7-9-17)19(23)20-18(22)16-12-10-15(11-13-16)14(2)3/h5-14H,4H2,1-3H3,(H,20,22,23). The fourth-order valence-corrected chi connectivity index (χ4v) is 2.63. The summed E-state index contributed by atoms with van der Waals surface area (Å²) in [5.41, 5.74) is 2.79. The second-order valence-corrected chi connectivity index (χ2v) is 6.00. The average molecular weight is 326 g/mol. The van der Waals surface area contributed by atoms with Gasteiger partial charge in [0.05, 0.1) is 0 Å². The van der Waals surface area contributed by atoms with Crippen molar-refractivity contribution < 1.29 is 4.79 Å². The van der Waals surface area contributed by atoms with Gasteiger partial charge in [-0.15, -0.1) is 0 Å². The van der Waals surface area contributed by atoms with Crippen molar-refractivity contribution >= 4 is 28.9 Å². The van der Waals surface area contributed by atoms with Crippen LogP contribution in [0.4, 0.5) is 5.69 Å². The van der Waals surface area contributed by atoms with E-state index in [0.717, 1.165) is 5.69 Å². The lowest BCUT2D eigenvalue weighted by Crippen LogP contribution is -2.42. The number of rotatable bonds is 4. The van der Waals surface area contributed by atoms with Crippen molar-refractivity contribution in [3.05, 3.63) is 65.7 Å². The number of carbonyl (C=O) groups is 1. The fraction of sp³-hybridized carbons (Fsp3) is 0.263. The zero-order valence-electron chi connectivity index (χ0n) is 13.7. The van der Waals surface area contributed by atoms with Crippen molar-refractivity contribution in [3.8, 4) is 0 Å². The molecule has 0 saturated carbocycles. The number of carbonyl (C=O) groups excluding carboxylic acids is 1. The molecule has 1 N–H and O–H groups in total. The molecule has 0 aromatic heterocycles. The maximum atomic E-state index is 12.4. The Hall–Kier alpha value is -2.20. The molecular weight excluding hydrogens is 304 g/mol. The highest BCUT2D eigenvalue weighted by molar-refractivity contribution is 7.80. The number of nitrogens with zero attached hydrogens (tertiary/aromatic N) is 1. The van der Waals surface area contributed by atoms with E-state index in [-0.39, 0.29) is 5.91 Å². The number of nitrogens with one attached hydrogen (secondary N) is 1. The summed E-state index contributed by atoms with van der Waals surface area (Å²) in [6.07, 6.45) is 0. The maximum Gasteiger partial charge on any atom is 0.257 e. The molecule has 120 valence electrons. The molecule has 0 unspecified atom stereocenters. The summed E-state index contributed by atoms with van der Waals surface area (Å²) in [5.74, 6) is 0.265. The van der Waals surface area contributed by atoms with Crippen LogP contribution in [-0.2, 0) is 0 Å². The molecule has 2 aromatic carbocycles. The molecule has 0 saturated heterocycles. The van der Waals surface area contributed by atoms with Gasteiger partial charge in [0.2, 0.25) is 0 Å². The Bertz CT molecular complexity index is 666. The van der Waals surface area contributed by atoms with Crippen LogP contribution in [-0.4, -0.2) is 17.6 Å². The van der Waals surface area contributed by atoms with Crippen molar-refractivity contribution in [2.45, 2.75) is 26.7 Å². The first-order chi connectivity index (χ1) is 11.0. The van der Waals surface area contributed by atoms with Crippen LogP contribution in [0.2, 0.25) is 0 Å². The van der Waals surface area contributed by atoms with Crippen LogP contribution in [0, 0.1) is 0 Å². The number of anilines is 1. The van der Waals surface area contributed by atoms with Gasteiger partial charge in [0.1, 0.15) is 0 Å². The fourth-order valence-electron chi connectivity index (χ4n) is 2.31. The van der Waals surface area contributed by atoms with Crippen LogP contribution < -0.4 is 10.2 Å². The van der Waals surface area contributed by atoms with Crippen molar-refractivity contribution in [1.82, 2.24) is 5.32 Å². The third-order valence-electron chi connectivity index (χ3n) is 3.69. The van der Waals surface area contributed by atoms with Crippen LogP contribution in [0.3, 0.4) is 0 Å². The Kier molecular flexibility index (Phi) is 5.88. The Balaban J connectivity index is 2.08. The van der Waals surface area contributed by atoms with Gasteiger partial charge in [-0.25, -0.2) is 0 Å². The molecule has 0 spiro atoms. The normalized spacial score (nSPS) is 10.4. The zero-order valence-corrected chi connectivity index (χ0v) is 14.6. The average Bonchev–Trinajstić information content (AvgIpc) is 2.56. The molecule has 0 fully saturated rings. The summed E-state index contributed by atoms with van der Waals surface area (Å²) in [6, 6.07) is 17.4. The smallest absolute Gasteiger partial charge is 0.257 e. The number of hydrogen-bond donors (Lipinski definition) is 1. The summed E-state index contributed by atoms with van der Waals surface area (Å²) in [5, 5.41) is 3.23. The summed E-state index contributed by atoms with van der Waals surface area (Å²) in [6.45, 7) is 6.95. The molecule has 0 aliphatic heterocycles. The minimum atomic E-state index is -0.181. The third-order valence-corrected chi connectivity index (χ3v) is 4.01. The van der Waals surface area contributed by atoms with Gasteiger partial charge in [-0.3, -0.25) is 10.1 Å². The first-order valence-corrected chi connectivity index (χ1v) is 8.21. The zero-order chi connectivity index (χ0) is 16.8. The Morgan fingerprint density at radius 3 is 2.22 bits per heavy atom. The van der Waals surface area contributed by atoms with E-state index in [2.05, 4.69) is 19.2 Å². The molecule has 0 radical (unpaired) electrons. The van der Waals surface area contributed by atoms with E-state index < -0.39 is 0 Å². The first kappa shape index (κ1) is 17.2. The summed E-state index contributed by atoms with van der Waals surface area (Å²) in [4.78, 5) is 14.3. The topological polar surface area (TPSA) is 32.3 Å². The molecule has 2 rings (SSSR count). The molecule has 2 aromatic rings. The van der Waals surface area contributed by atoms with Crippen LogP contribution in [0.25, 0.3) is 0 Å². The number of amides is 1. The minimum Gasteiger partial charge on any atom is -0.319 e. The van der Waals surface area contributed by atoms with Crippen LogP contribution in [0.15, 0.2) is 54.6 Å². The van der Waals surface area contributed by atoms with Crippen molar-refractivity contribution in [2.24, 2.45) is 0 Å². The second kappa shape index (κ2) is 7.88. The van der Waals surface area contributed by atoms with Gasteiger partial charge >= 0.3 is 0 Å². The summed E-state index contributed by atoms with van der Waals surface area (Å²) in [7, 11) is 0. The monoisotopic (exact) mass is 326 g/mol. The van der Waals surface area contributed by atoms with Gasteiger partial charge in [0, 0.05) is 17.8 Å². The molecule has 4 heteroatoms. The lowest BCUT2D eigenvalue weighted by atomic mass is 10.0. The van der Waals surface area contributed by atoms with E-state index >= 15 is 0 Å². The van der Waals surface area contributed by atoms with Gasteiger partial charge in [0.25, 0.3) is 5.91 Å². The van der Waals surface area contributed by atoms with E-state index in [1.54, 1.807) is 0 Å². The van der Waals surface area contributed by atoms with Gasteiger partial charge in [-0.1, -0.05) is 44.2 Å². The number of para-hydroxylation sites is 1. The molecule has 0 aliphatic rings. The van der Waals surface area contributed by atoms with Crippen LogP contribution >= 0.6 is 12.2 Å². The number of benzene rings is 2. The molecule has 0 aliphatic carbocycles. The SMILES string of the molecule is CCN(C(=S)NC(=O)c1ccc(C(C)C)cc1)c1ccccc1. The van der Waals surface area contributed by atoms with Gasteiger partial charge in [0.15, 0.2) is 5.11 Å². The number of thiocarbonyl (C=S) groups is 1. The van der Waals surface area contributed by atoms with Gasteiger partial charge < -0.3 is 4.90 Å². The molecule has 0 atom stereocenters. The first-order valence-electron chi connectivity index (χ1n) is 7.80. The molecule has 1 amide bonds. The number of hydrogen-bond acceptors (Lipinski definition) is 2. The maximum absolute atomic E-state index is 12.4. The summed E-state index contributed by atoms with van der Waals surface area (Å²) >= 11 is 5.39. The van der Waals surface area contributed by atoms with Gasteiger partial charge in [-0.2, -0.15) is 0 Å². The van der Waals surface area contributed by atoms with Gasteiger partial charge in [-0.05, 0) is 54.9 Å². The van der Waals surface area contributed by atoms with Crippen molar-refractivity contribution in [3.63, 3.8) is 0 Å². The second-order valence-electron chi connectivity index (χ2n) is 5.62. The van der Waals surface area contributed by atoms with Crippen LogP contribution in [0.1, 0.15) is 42.6 Å². The predicted octanol–water partition coefficient (Wildman–Crippen LogP) is 4.35. The molecule has 0 heterocycles. The highest BCUT2D eigenvalue weighted by Crippen LogP contribution is 2.15. The van der Waals surface area contributed by atoms with E-state index in [4.69, 9.17) is 12.2 Å². The van der Waals surface area contributed by atoms with E-state index in [1.807, 2.05) is 66.4 Å². The Labute approximate surface area is 143 Å². The minimum absolute atomic E-state index is 0.181. The molecule has 23 heavy (non-hydrogen) atoms. The lowest BCUT2D eigenvalue weighted by Gasteiger charge is -2.23. The highest BCUT2D eigenvalue weighted by Gasteiger charge is 2.14. The lowest BCUT2D eigenvalue weighted by molar-refractivity contribution is 0.0977. The molecule has 3 nitrogen and oxygen atoms in total. The third kappa shape index (κ3) is 4.39. The summed E-state index contributed by atoms with van der Waals surface area (Å²) < 4.78 is 0. The van der Waals surface area contributed by atoms with E-state index in [0.29, 0.717) is 23.1 Å². The van der Waals surface area contributed by atoms with E-state index in [9.17, 15) is 4.79 Å². The molecular formula is C19H22N2OS.